The molecule has 1 atom stereocenters. The van der Waals surface area contributed by atoms with E-state index in [4.69, 9.17) is 0 Å². The van der Waals surface area contributed by atoms with Crippen LogP contribution in [0.15, 0.2) is 27.9 Å². The first-order valence-corrected chi connectivity index (χ1v) is 8.81. The summed E-state index contributed by atoms with van der Waals surface area (Å²) in [6.07, 6.45) is 4.35. The van der Waals surface area contributed by atoms with Crippen molar-refractivity contribution in [3.63, 3.8) is 0 Å². The minimum absolute atomic E-state index is 0.230. The van der Waals surface area contributed by atoms with Gasteiger partial charge in [-0.2, -0.15) is 0 Å². The fourth-order valence-electron chi connectivity index (χ4n) is 2.43. The lowest BCUT2D eigenvalue weighted by Crippen LogP contribution is -2.31. The summed E-state index contributed by atoms with van der Waals surface area (Å²) in [7, 11) is -3.46. The molecule has 5 nitrogen and oxygen atoms in total. The van der Waals surface area contributed by atoms with E-state index in [2.05, 4.69) is 14.7 Å². The van der Waals surface area contributed by atoms with E-state index in [1.165, 1.54) is 11.3 Å². The Morgan fingerprint density at radius 1 is 1.45 bits per heavy atom. The van der Waals surface area contributed by atoms with Gasteiger partial charge in [0.1, 0.15) is 10.0 Å². The molecule has 106 valence electrons. The van der Waals surface area contributed by atoms with E-state index in [-0.39, 0.29) is 6.04 Å². The molecule has 2 aromatic rings. The summed E-state index contributed by atoms with van der Waals surface area (Å²) in [6, 6.07) is 3.12. The second-order valence-electron chi connectivity index (χ2n) is 4.82. The molecular weight excluding hydrogens is 294 g/mol. The molecule has 0 saturated heterocycles. The lowest BCUT2D eigenvalue weighted by molar-refractivity contribution is 0.500. The van der Waals surface area contributed by atoms with Crippen LogP contribution in [0.5, 0.6) is 0 Å². The van der Waals surface area contributed by atoms with Gasteiger partial charge in [0.25, 0.3) is 10.0 Å². The highest BCUT2D eigenvalue weighted by Gasteiger charge is 2.27. The lowest BCUT2D eigenvalue weighted by atomic mass is 9.93. The first-order valence-electron chi connectivity index (χ1n) is 6.44. The standard InChI is InChI=1S/C13H15N3O2S2/c1-9-14-8-10-11(15-9)4-2-5-12(10)16-20(17,18)13-6-3-7-19-13/h3,6-8,12,16H,2,4-5H2,1H3. The molecule has 7 heteroatoms. The van der Waals surface area contributed by atoms with Crippen LogP contribution in [-0.4, -0.2) is 18.4 Å². The van der Waals surface area contributed by atoms with Crippen LogP contribution in [0.2, 0.25) is 0 Å². The minimum atomic E-state index is -3.46. The van der Waals surface area contributed by atoms with Crippen molar-refractivity contribution >= 4 is 21.4 Å². The molecule has 2 aromatic heterocycles. The third-order valence-corrected chi connectivity index (χ3v) is 6.23. The molecule has 2 heterocycles. The average molecular weight is 309 g/mol. The number of aryl methyl sites for hydroxylation is 2. The van der Waals surface area contributed by atoms with E-state index in [0.717, 1.165) is 36.3 Å². The number of thiophene rings is 1. The van der Waals surface area contributed by atoms with Crippen LogP contribution in [0.25, 0.3) is 0 Å². The highest BCUT2D eigenvalue weighted by molar-refractivity contribution is 7.91. The highest BCUT2D eigenvalue weighted by Crippen LogP contribution is 2.30. The molecule has 1 aliphatic carbocycles. The summed E-state index contributed by atoms with van der Waals surface area (Å²) < 4.78 is 27.7. The van der Waals surface area contributed by atoms with Gasteiger partial charge in [-0.25, -0.2) is 23.1 Å². The first-order chi connectivity index (χ1) is 9.56. The van der Waals surface area contributed by atoms with Crippen LogP contribution >= 0.6 is 11.3 Å². The Morgan fingerprint density at radius 2 is 2.30 bits per heavy atom. The second kappa shape index (κ2) is 5.23. The zero-order valence-electron chi connectivity index (χ0n) is 11.0. The Labute approximate surface area is 122 Å². The molecule has 0 radical (unpaired) electrons. The Kier molecular flexibility index (Phi) is 3.57. The third-order valence-electron chi connectivity index (χ3n) is 3.36. The molecule has 0 aliphatic heterocycles. The number of fused-ring (bicyclic) bond motifs is 1. The van der Waals surface area contributed by atoms with E-state index in [9.17, 15) is 8.42 Å². The number of hydrogen-bond donors (Lipinski definition) is 1. The Balaban J connectivity index is 1.90. The topological polar surface area (TPSA) is 72.0 Å². The Morgan fingerprint density at radius 3 is 3.05 bits per heavy atom. The summed E-state index contributed by atoms with van der Waals surface area (Å²) in [5, 5.41) is 1.76. The summed E-state index contributed by atoms with van der Waals surface area (Å²) in [4.78, 5) is 8.61. The van der Waals surface area contributed by atoms with Crippen molar-refractivity contribution in [3.05, 3.63) is 40.8 Å². The number of hydrogen-bond acceptors (Lipinski definition) is 5. The summed E-state index contributed by atoms with van der Waals surface area (Å²) >= 11 is 1.22. The first kappa shape index (κ1) is 13.7. The highest BCUT2D eigenvalue weighted by atomic mass is 32.2. The lowest BCUT2D eigenvalue weighted by Gasteiger charge is -2.24. The van der Waals surface area contributed by atoms with Crippen molar-refractivity contribution in [1.29, 1.82) is 0 Å². The van der Waals surface area contributed by atoms with Crippen molar-refractivity contribution < 1.29 is 8.42 Å². The second-order valence-corrected chi connectivity index (χ2v) is 7.71. The summed E-state index contributed by atoms with van der Waals surface area (Å²) in [5.41, 5.74) is 1.87. The summed E-state index contributed by atoms with van der Waals surface area (Å²) in [5.74, 6) is 0.727. The average Bonchev–Trinajstić information content (AvgIpc) is 2.93. The van der Waals surface area contributed by atoms with E-state index >= 15 is 0 Å². The largest absolute Gasteiger partial charge is 0.250 e. The van der Waals surface area contributed by atoms with Gasteiger partial charge in [-0.3, -0.25) is 0 Å². The van der Waals surface area contributed by atoms with Gasteiger partial charge in [-0.15, -0.1) is 11.3 Å². The van der Waals surface area contributed by atoms with E-state index in [1.807, 2.05) is 6.92 Å². The molecule has 1 aliphatic rings. The predicted octanol–water partition coefficient (Wildman–Crippen LogP) is 2.20. The van der Waals surface area contributed by atoms with Crippen molar-refractivity contribution in [2.75, 3.05) is 0 Å². The normalized spacial score (nSPS) is 18.8. The number of rotatable bonds is 3. The Hall–Kier alpha value is -1.31. The fourth-order valence-corrected chi connectivity index (χ4v) is 4.69. The molecule has 0 fully saturated rings. The monoisotopic (exact) mass is 309 g/mol. The molecule has 0 saturated carbocycles. The van der Waals surface area contributed by atoms with Crippen LogP contribution in [0, 0.1) is 6.92 Å². The minimum Gasteiger partial charge on any atom is -0.241 e. The quantitative estimate of drug-likeness (QED) is 0.943. The van der Waals surface area contributed by atoms with Gasteiger partial charge in [-0.1, -0.05) is 6.07 Å². The van der Waals surface area contributed by atoms with Crippen LogP contribution in [0.3, 0.4) is 0 Å². The van der Waals surface area contributed by atoms with Gasteiger partial charge in [0, 0.05) is 17.5 Å². The predicted molar refractivity (Wildman–Crippen MR) is 77.1 cm³/mol. The zero-order chi connectivity index (χ0) is 14.2. The van der Waals surface area contributed by atoms with Gasteiger partial charge in [-0.05, 0) is 37.6 Å². The van der Waals surface area contributed by atoms with Crippen LogP contribution in [-0.2, 0) is 16.4 Å². The molecule has 20 heavy (non-hydrogen) atoms. The molecule has 1 N–H and O–H groups in total. The molecule has 0 amide bonds. The maximum absolute atomic E-state index is 12.3. The fraction of sp³-hybridized carbons (Fsp3) is 0.385. The van der Waals surface area contributed by atoms with Gasteiger partial charge in [0.15, 0.2) is 0 Å². The zero-order valence-corrected chi connectivity index (χ0v) is 12.7. The molecule has 0 aromatic carbocycles. The Bertz CT molecular complexity index is 711. The van der Waals surface area contributed by atoms with Crippen molar-refractivity contribution in [1.82, 2.24) is 14.7 Å². The third kappa shape index (κ3) is 2.61. The summed E-state index contributed by atoms with van der Waals surface area (Å²) in [6.45, 7) is 1.85. The molecule has 1 unspecified atom stereocenters. The van der Waals surface area contributed by atoms with E-state index in [0.29, 0.717) is 4.21 Å². The van der Waals surface area contributed by atoms with Crippen LogP contribution < -0.4 is 4.72 Å². The molecule has 0 bridgehead atoms. The molecule has 3 rings (SSSR count). The molecular formula is C13H15N3O2S2. The van der Waals surface area contributed by atoms with Crippen molar-refractivity contribution in [3.8, 4) is 0 Å². The van der Waals surface area contributed by atoms with E-state index < -0.39 is 10.0 Å². The maximum atomic E-state index is 12.3. The SMILES string of the molecule is Cc1ncc2c(n1)CCCC2NS(=O)(=O)c1cccs1. The number of nitrogens with one attached hydrogen (secondary N) is 1. The van der Waals surface area contributed by atoms with E-state index in [1.54, 1.807) is 23.7 Å². The smallest absolute Gasteiger partial charge is 0.241 e. The van der Waals surface area contributed by atoms with Gasteiger partial charge < -0.3 is 0 Å². The van der Waals surface area contributed by atoms with Crippen molar-refractivity contribution in [2.24, 2.45) is 0 Å². The van der Waals surface area contributed by atoms with Crippen molar-refractivity contribution in [2.45, 2.75) is 36.4 Å². The maximum Gasteiger partial charge on any atom is 0.250 e. The van der Waals surface area contributed by atoms with Crippen LogP contribution in [0.1, 0.15) is 36.0 Å². The number of nitrogens with zero attached hydrogens (tertiary/aromatic N) is 2. The number of aromatic nitrogens is 2. The van der Waals surface area contributed by atoms with Gasteiger partial charge >= 0.3 is 0 Å². The van der Waals surface area contributed by atoms with Crippen LogP contribution in [0.4, 0.5) is 0 Å². The molecule has 0 spiro atoms. The van der Waals surface area contributed by atoms with Gasteiger partial charge in [0.2, 0.25) is 0 Å². The van der Waals surface area contributed by atoms with Gasteiger partial charge in [0.05, 0.1) is 6.04 Å². The number of sulfonamides is 1.